The number of carbonyl (C=O) groups is 2. The second-order valence-corrected chi connectivity index (χ2v) is 11.2. The van der Waals surface area contributed by atoms with Gasteiger partial charge in [-0.1, -0.05) is 36.4 Å². The summed E-state index contributed by atoms with van der Waals surface area (Å²) in [4.78, 5) is 25.5. The molecule has 1 aliphatic rings. The van der Waals surface area contributed by atoms with E-state index in [-0.39, 0.29) is 11.5 Å². The molecule has 0 N–H and O–H groups in total. The first-order valence-electron chi connectivity index (χ1n) is 11.2. The number of hydrogen-bond donors (Lipinski definition) is 0. The van der Waals surface area contributed by atoms with Gasteiger partial charge in [-0.2, -0.15) is 4.31 Å². The lowest BCUT2D eigenvalue weighted by atomic mass is 10.2. The van der Waals surface area contributed by atoms with Gasteiger partial charge in [-0.3, -0.25) is 4.79 Å². The Labute approximate surface area is 201 Å². The van der Waals surface area contributed by atoms with Crippen LogP contribution in [-0.2, 0) is 30.8 Å². The van der Waals surface area contributed by atoms with Gasteiger partial charge in [0, 0.05) is 6.54 Å². The standard InChI is InChI=1S/C25H32N2O6S/c1-18-13-14-22(21(16-18)32-17-19-10-7-6-8-11-19)34(30,26-24(29)33-25(2,3)4)27-15-9-12-20(27)23(28)31-5/h6-8,10-11,13-14,16,20H,9,12,15,17H2,1-5H3/t20-,34-/m0/s1. The van der Waals surface area contributed by atoms with Crippen molar-refractivity contribution in [3.63, 3.8) is 0 Å². The Morgan fingerprint density at radius 3 is 2.50 bits per heavy atom. The van der Waals surface area contributed by atoms with Gasteiger partial charge in [0.2, 0.25) is 0 Å². The summed E-state index contributed by atoms with van der Waals surface area (Å²) in [6.45, 7) is 7.54. The predicted octanol–water partition coefficient (Wildman–Crippen LogP) is 4.89. The normalized spacial score (nSPS) is 18.1. The third-order valence-electron chi connectivity index (χ3n) is 5.21. The monoisotopic (exact) mass is 488 g/mol. The topological polar surface area (TPSA) is 94.5 Å². The van der Waals surface area contributed by atoms with Crippen LogP contribution in [0.2, 0.25) is 0 Å². The molecule has 34 heavy (non-hydrogen) atoms. The quantitative estimate of drug-likeness (QED) is 0.538. The molecule has 1 aliphatic heterocycles. The highest BCUT2D eigenvalue weighted by Crippen LogP contribution is 2.35. The van der Waals surface area contributed by atoms with Gasteiger partial charge < -0.3 is 14.2 Å². The zero-order valence-electron chi connectivity index (χ0n) is 20.3. The van der Waals surface area contributed by atoms with Crippen molar-refractivity contribution in [3.8, 4) is 5.75 Å². The molecule has 0 bridgehead atoms. The summed E-state index contributed by atoms with van der Waals surface area (Å²) < 4.78 is 36.5. The van der Waals surface area contributed by atoms with Crippen molar-refractivity contribution in [3.05, 3.63) is 59.7 Å². The van der Waals surface area contributed by atoms with E-state index < -0.39 is 33.6 Å². The van der Waals surface area contributed by atoms with E-state index in [1.807, 2.05) is 37.3 Å². The number of benzene rings is 2. The van der Waals surface area contributed by atoms with E-state index >= 15 is 0 Å². The lowest BCUT2D eigenvalue weighted by Crippen LogP contribution is -2.41. The summed E-state index contributed by atoms with van der Waals surface area (Å²) in [6.07, 6.45) is 0.0780. The van der Waals surface area contributed by atoms with Gasteiger partial charge in [0.15, 0.2) is 9.92 Å². The van der Waals surface area contributed by atoms with Crippen LogP contribution in [0, 0.1) is 6.92 Å². The van der Waals surface area contributed by atoms with Crippen LogP contribution in [0.4, 0.5) is 4.79 Å². The van der Waals surface area contributed by atoms with E-state index in [1.54, 1.807) is 39.0 Å². The van der Waals surface area contributed by atoms with Crippen LogP contribution >= 0.6 is 0 Å². The summed E-state index contributed by atoms with van der Waals surface area (Å²) in [5, 5.41) is 0. The van der Waals surface area contributed by atoms with Crippen LogP contribution in [0.3, 0.4) is 0 Å². The first-order chi connectivity index (χ1) is 16.0. The predicted molar refractivity (Wildman–Crippen MR) is 129 cm³/mol. The van der Waals surface area contributed by atoms with E-state index in [0.717, 1.165) is 11.1 Å². The molecule has 184 valence electrons. The molecule has 0 aliphatic carbocycles. The van der Waals surface area contributed by atoms with Gasteiger partial charge in [0.05, 0.1) is 7.11 Å². The highest BCUT2D eigenvalue weighted by molar-refractivity contribution is 7.91. The highest BCUT2D eigenvalue weighted by Gasteiger charge is 2.41. The van der Waals surface area contributed by atoms with Crippen molar-refractivity contribution in [2.75, 3.05) is 13.7 Å². The molecular formula is C25H32N2O6S. The fourth-order valence-corrected chi connectivity index (χ4v) is 5.93. The van der Waals surface area contributed by atoms with Crippen LogP contribution in [0.15, 0.2) is 57.8 Å². The van der Waals surface area contributed by atoms with Gasteiger partial charge in [0.1, 0.15) is 28.9 Å². The molecular weight excluding hydrogens is 456 g/mol. The number of carbonyl (C=O) groups excluding carboxylic acids is 2. The molecule has 0 spiro atoms. The van der Waals surface area contributed by atoms with Crippen molar-refractivity contribution in [1.29, 1.82) is 0 Å². The molecule has 1 heterocycles. The molecule has 0 radical (unpaired) electrons. The number of rotatable bonds is 6. The summed E-state index contributed by atoms with van der Waals surface area (Å²) >= 11 is 0. The molecule has 2 atom stereocenters. The first kappa shape index (κ1) is 25.7. The fourth-order valence-electron chi connectivity index (χ4n) is 3.70. The summed E-state index contributed by atoms with van der Waals surface area (Å²) in [6, 6.07) is 13.9. The van der Waals surface area contributed by atoms with Gasteiger partial charge >= 0.3 is 12.1 Å². The summed E-state index contributed by atoms with van der Waals surface area (Å²) in [5.41, 5.74) is 0.990. The lowest BCUT2D eigenvalue weighted by Gasteiger charge is -2.27. The van der Waals surface area contributed by atoms with E-state index in [4.69, 9.17) is 14.2 Å². The van der Waals surface area contributed by atoms with Crippen LogP contribution in [0.1, 0.15) is 44.7 Å². The minimum Gasteiger partial charge on any atom is -0.488 e. The molecule has 0 unspecified atom stereocenters. The van der Waals surface area contributed by atoms with Crippen LogP contribution < -0.4 is 4.74 Å². The van der Waals surface area contributed by atoms with E-state index in [0.29, 0.717) is 25.1 Å². The van der Waals surface area contributed by atoms with E-state index in [2.05, 4.69) is 4.36 Å². The number of amides is 1. The summed E-state index contributed by atoms with van der Waals surface area (Å²) in [5.74, 6) is -0.194. The molecule has 8 nitrogen and oxygen atoms in total. The number of hydrogen-bond acceptors (Lipinski definition) is 6. The number of aryl methyl sites for hydroxylation is 1. The van der Waals surface area contributed by atoms with Crippen LogP contribution in [-0.4, -0.2) is 45.9 Å². The number of nitrogens with zero attached hydrogens (tertiary/aromatic N) is 2. The SMILES string of the molecule is COC(=O)[C@@H]1CCCN1[S@@](=O)(=NC(=O)OC(C)(C)C)c1ccc(C)cc1OCc1ccccc1. The average molecular weight is 489 g/mol. The average Bonchev–Trinajstić information content (AvgIpc) is 3.27. The van der Waals surface area contributed by atoms with E-state index in [1.165, 1.54) is 11.4 Å². The third kappa shape index (κ3) is 6.15. The van der Waals surface area contributed by atoms with Crippen molar-refractivity contribution in [1.82, 2.24) is 4.31 Å². The zero-order valence-corrected chi connectivity index (χ0v) is 21.1. The molecule has 0 aromatic heterocycles. The molecule has 3 rings (SSSR count). The minimum atomic E-state index is -3.62. The summed E-state index contributed by atoms with van der Waals surface area (Å²) in [7, 11) is -2.33. The third-order valence-corrected chi connectivity index (χ3v) is 7.59. The van der Waals surface area contributed by atoms with Crippen LogP contribution in [0.25, 0.3) is 0 Å². The molecule has 1 fully saturated rings. The number of esters is 1. The van der Waals surface area contributed by atoms with Crippen molar-refractivity contribution < 1.29 is 28.0 Å². The smallest absolute Gasteiger partial charge is 0.443 e. The zero-order chi connectivity index (χ0) is 24.9. The maximum absolute atomic E-state index is 14.6. The first-order valence-corrected chi connectivity index (χ1v) is 12.6. The Balaban J connectivity index is 2.12. The Bertz CT molecular complexity index is 1150. The fraction of sp³-hybridized carbons (Fsp3) is 0.440. The molecule has 1 amide bonds. The number of methoxy groups -OCH3 is 1. The Morgan fingerprint density at radius 1 is 1.15 bits per heavy atom. The van der Waals surface area contributed by atoms with Crippen molar-refractivity contribution >= 4 is 22.0 Å². The largest absolute Gasteiger partial charge is 0.488 e. The van der Waals surface area contributed by atoms with Gasteiger partial charge in [-0.05, 0) is 63.8 Å². The Morgan fingerprint density at radius 2 is 1.85 bits per heavy atom. The minimum absolute atomic E-state index is 0.218. The second-order valence-electron chi connectivity index (χ2n) is 9.11. The molecule has 9 heteroatoms. The maximum atomic E-state index is 14.6. The van der Waals surface area contributed by atoms with Crippen LogP contribution in [0.5, 0.6) is 5.75 Å². The molecule has 2 aromatic carbocycles. The van der Waals surface area contributed by atoms with Crippen molar-refractivity contribution in [2.24, 2.45) is 4.36 Å². The maximum Gasteiger partial charge on any atom is 0.443 e. The Kier molecular flexibility index (Phi) is 7.99. The lowest BCUT2D eigenvalue weighted by molar-refractivity contribution is -0.144. The molecule has 2 aromatic rings. The molecule has 0 saturated carbocycles. The van der Waals surface area contributed by atoms with Crippen molar-refractivity contribution in [2.45, 2.75) is 63.7 Å². The van der Waals surface area contributed by atoms with Gasteiger partial charge in [-0.15, -0.1) is 4.36 Å². The van der Waals surface area contributed by atoms with Gasteiger partial charge in [0.25, 0.3) is 0 Å². The van der Waals surface area contributed by atoms with Gasteiger partial charge in [-0.25, -0.2) is 9.00 Å². The highest BCUT2D eigenvalue weighted by atomic mass is 32.2. The second kappa shape index (κ2) is 10.6. The molecule has 1 saturated heterocycles. The Hall–Kier alpha value is -2.91. The number of ether oxygens (including phenoxy) is 3. The van der Waals surface area contributed by atoms with E-state index in [9.17, 15) is 13.8 Å².